The third-order valence-electron chi connectivity index (χ3n) is 4.23. The fourth-order valence-corrected chi connectivity index (χ4v) is 2.88. The van der Waals surface area contributed by atoms with Crippen molar-refractivity contribution in [2.24, 2.45) is 11.7 Å². The third-order valence-corrected chi connectivity index (χ3v) is 4.23. The molecule has 2 heterocycles. The molecular formula is C14H23N5. The van der Waals surface area contributed by atoms with Crippen LogP contribution in [-0.4, -0.2) is 59.0 Å². The van der Waals surface area contributed by atoms with Crippen molar-refractivity contribution in [2.45, 2.75) is 18.9 Å². The number of nitrogens with zero attached hydrogens (tertiary/aromatic N) is 4. The minimum atomic E-state index is 0.242. The first-order chi connectivity index (χ1) is 9.36. The second kappa shape index (κ2) is 5.94. The van der Waals surface area contributed by atoms with E-state index >= 15 is 0 Å². The Hall–Kier alpha value is -1.04. The van der Waals surface area contributed by atoms with Crippen molar-refractivity contribution in [2.75, 3.05) is 39.3 Å². The van der Waals surface area contributed by atoms with Gasteiger partial charge in [-0.25, -0.2) is 9.97 Å². The van der Waals surface area contributed by atoms with Crippen molar-refractivity contribution in [1.82, 2.24) is 19.8 Å². The lowest BCUT2D eigenvalue weighted by atomic mass is 10.1. The van der Waals surface area contributed by atoms with E-state index in [0.717, 1.165) is 37.8 Å². The number of aromatic nitrogens is 2. The van der Waals surface area contributed by atoms with Crippen LogP contribution in [0.15, 0.2) is 18.6 Å². The molecule has 3 rings (SSSR count). The smallest absolute Gasteiger partial charge is 0.115 e. The van der Waals surface area contributed by atoms with Crippen molar-refractivity contribution < 1.29 is 0 Å². The van der Waals surface area contributed by atoms with Gasteiger partial charge in [-0.1, -0.05) is 0 Å². The predicted molar refractivity (Wildman–Crippen MR) is 74.6 cm³/mol. The summed E-state index contributed by atoms with van der Waals surface area (Å²) in [6.45, 7) is 6.45. The van der Waals surface area contributed by atoms with Crippen LogP contribution >= 0.6 is 0 Å². The molecule has 5 heteroatoms. The minimum Gasteiger partial charge on any atom is -0.329 e. The molecule has 1 aliphatic carbocycles. The molecule has 0 aromatic carbocycles. The standard InChI is InChI=1S/C14H23N5/c15-9-14(13-3-4-16-11-17-13)19-7-5-18(6-8-19)10-12-1-2-12/h3-4,11-12,14H,1-2,5-10,15H2. The van der Waals surface area contributed by atoms with E-state index in [1.807, 2.05) is 6.07 Å². The SMILES string of the molecule is NCC(c1ccncn1)N1CCN(CC2CC2)CC1. The molecule has 104 valence electrons. The van der Waals surface area contributed by atoms with Gasteiger partial charge in [-0.2, -0.15) is 0 Å². The lowest BCUT2D eigenvalue weighted by molar-refractivity contribution is 0.0940. The Morgan fingerprint density at radius 1 is 1.26 bits per heavy atom. The van der Waals surface area contributed by atoms with Gasteiger partial charge in [0.2, 0.25) is 0 Å². The molecule has 1 aliphatic heterocycles. The normalized spacial score (nSPS) is 23.4. The lowest BCUT2D eigenvalue weighted by Gasteiger charge is -2.38. The third kappa shape index (κ3) is 3.29. The molecule has 1 atom stereocenters. The first-order valence-electron chi connectivity index (χ1n) is 7.29. The summed E-state index contributed by atoms with van der Waals surface area (Å²) in [4.78, 5) is 13.4. The highest BCUT2D eigenvalue weighted by molar-refractivity contribution is 5.06. The van der Waals surface area contributed by atoms with Crippen LogP contribution in [0.2, 0.25) is 0 Å². The summed E-state index contributed by atoms with van der Waals surface area (Å²) in [5.74, 6) is 0.985. The van der Waals surface area contributed by atoms with Crippen molar-refractivity contribution in [1.29, 1.82) is 0 Å². The Bertz CT molecular complexity index is 384. The highest BCUT2D eigenvalue weighted by Crippen LogP contribution is 2.30. The zero-order chi connectivity index (χ0) is 13.1. The summed E-state index contributed by atoms with van der Waals surface area (Å²) in [5, 5.41) is 0. The molecule has 2 N–H and O–H groups in total. The van der Waals surface area contributed by atoms with Crippen LogP contribution in [0, 0.1) is 5.92 Å². The van der Waals surface area contributed by atoms with Gasteiger partial charge in [0.25, 0.3) is 0 Å². The van der Waals surface area contributed by atoms with Gasteiger partial charge in [-0.3, -0.25) is 4.90 Å². The maximum atomic E-state index is 5.95. The van der Waals surface area contributed by atoms with Crippen LogP contribution < -0.4 is 5.73 Å². The predicted octanol–water partition coefficient (Wildman–Crippen LogP) is 0.504. The molecule has 1 aromatic rings. The summed E-state index contributed by atoms with van der Waals surface area (Å²) in [5.41, 5.74) is 6.99. The van der Waals surface area contributed by atoms with Crippen molar-refractivity contribution in [3.8, 4) is 0 Å². The largest absolute Gasteiger partial charge is 0.329 e. The van der Waals surface area contributed by atoms with E-state index in [1.165, 1.54) is 19.4 Å². The van der Waals surface area contributed by atoms with E-state index in [4.69, 9.17) is 5.73 Å². The maximum absolute atomic E-state index is 5.95. The molecule has 0 radical (unpaired) electrons. The van der Waals surface area contributed by atoms with E-state index in [0.29, 0.717) is 6.54 Å². The second-order valence-electron chi connectivity index (χ2n) is 5.67. The van der Waals surface area contributed by atoms with E-state index in [-0.39, 0.29) is 6.04 Å². The number of hydrogen-bond donors (Lipinski definition) is 1. The van der Waals surface area contributed by atoms with Gasteiger partial charge in [0.1, 0.15) is 6.33 Å². The Morgan fingerprint density at radius 2 is 2.05 bits per heavy atom. The fraction of sp³-hybridized carbons (Fsp3) is 0.714. The van der Waals surface area contributed by atoms with Gasteiger partial charge in [0.05, 0.1) is 11.7 Å². The van der Waals surface area contributed by atoms with E-state index in [1.54, 1.807) is 12.5 Å². The van der Waals surface area contributed by atoms with Gasteiger partial charge in [-0.05, 0) is 24.8 Å². The lowest BCUT2D eigenvalue weighted by Crippen LogP contribution is -2.49. The van der Waals surface area contributed by atoms with Crippen LogP contribution in [0.1, 0.15) is 24.6 Å². The average molecular weight is 261 g/mol. The molecule has 0 bridgehead atoms. The molecule has 19 heavy (non-hydrogen) atoms. The Labute approximate surface area is 114 Å². The van der Waals surface area contributed by atoms with Crippen molar-refractivity contribution >= 4 is 0 Å². The van der Waals surface area contributed by atoms with Crippen LogP contribution in [0.3, 0.4) is 0 Å². The molecule has 2 aliphatic rings. The quantitative estimate of drug-likeness (QED) is 0.836. The Kier molecular flexibility index (Phi) is 4.06. The molecule has 2 fully saturated rings. The van der Waals surface area contributed by atoms with Crippen molar-refractivity contribution in [3.05, 3.63) is 24.3 Å². The summed E-state index contributed by atoms with van der Waals surface area (Å²) < 4.78 is 0. The summed E-state index contributed by atoms with van der Waals surface area (Å²) in [6, 6.07) is 2.22. The molecule has 0 spiro atoms. The average Bonchev–Trinajstić information content (AvgIpc) is 3.27. The minimum absolute atomic E-state index is 0.242. The Balaban J connectivity index is 1.56. The monoisotopic (exact) mass is 261 g/mol. The van der Waals surface area contributed by atoms with Gasteiger partial charge in [0.15, 0.2) is 0 Å². The number of nitrogens with two attached hydrogens (primary N) is 1. The summed E-state index contributed by atoms with van der Waals surface area (Å²) >= 11 is 0. The van der Waals surface area contributed by atoms with Crippen LogP contribution in [-0.2, 0) is 0 Å². The maximum Gasteiger partial charge on any atom is 0.115 e. The molecule has 1 saturated carbocycles. The first-order valence-corrected chi connectivity index (χ1v) is 7.29. The molecule has 1 unspecified atom stereocenters. The van der Waals surface area contributed by atoms with E-state index in [9.17, 15) is 0 Å². The zero-order valence-electron chi connectivity index (χ0n) is 11.4. The molecule has 5 nitrogen and oxygen atoms in total. The number of rotatable bonds is 5. The van der Waals surface area contributed by atoms with Crippen LogP contribution in [0.5, 0.6) is 0 Å². The van der Waals surface area contributed by atoms with Gasteiger partial charge in [-0.15, -0.1) is 0 Å². The fourth-order valence-electron chi connectivity index (χ4n) is 2.88. The van der Waals surface area contributed by atoms with E-state index in [2.05, 4.69) is 19.8 Å². The van der Waals surface area contributed by atoms with Gasteiger partial charge in [0, 0.05) is 45.5 Å². The summed E-state index contributed by atoms with van der Waals surface area (Å²) in [6.07, 6.45) is 6.29. The molecule has 1 aromatic heterocycles. The number of hydrogen-bond acceptors (Lipinski definition) is 5. The van der Waals surface area contributed by atoms with Gasteiger partial charge < -0.3 is 10.6 Å². The van der Waals surface area contributed by atoms with E-state index < -0.39 is 0 Å². The first kappa shape index (κ1) is 13.0. The molecular weight excluding hydrogens is 238 g/mol. The zero-order valence-corrected chi connectivity index (χ0v) is 11.4. The van der Waals surface area contributed by atoms with Gasteiger partial charge >= 0.3 is 0 Å². The van der Waals surface area contributed by atoms with Crippen LogP contribution in [0.25, 0.3) is 0 Å². The Morgan fingerprint density at radius 3 is 2.63 bits per heavy atom. The highest BCUT2D eigenvalue weighted by atomic mass is 15.3. The second-order valence-corrected chi connectivity index (χ2v) is 5.67. The summed E-state index contributed by atoms with van der Waals surface area (Å²) in [7, 11) is 0. The topological polar surface area (TPSA) is 58.3 Å². The van der Waals surface area contributed by atoms with Crippen LogP contribution in [0.4, 0.5) is 0 Å². The molecule has 1 saturated heterocycles. The highest BCUT2D eigenvalue weighted by Gasteiger charge is 2.28. The molecule has 0 amide bonds. The van der Waals surface area contributed by atoms with Crippen molar-refractivity contribution in [3.63, 3.8) is 0 Å². The number of piperazine rings is 1.